The summed E-state index contributed by atoms with van der Waals surface area (Å²) < 4.78 is 40.1. The Hall–Kier alpha value is -1.67. The number of hydrogen-bond acceptors (Lipinski definition) is 3. The lowest BCUT2D eigenvalue weighted by Crippen LogP contribution is -2.48. The van der Waals surface area contributed by atoms with Crippen LogP contribution >= 0.6 is 0 Å². The van der Waals surface area contributed by atoms with Crippen molar-refractivity contribution in [2.75, 3.05) is 18.4 Å². The highest BCUT2D eigenvalue weighted by Gasteiger charge is 2.27. The predicted octanol–water partition coefficient (Wildman–Crippen LogP) is 2.45. The number of halogens is 1. The molecule has 1 fully saturated rings. The van der Waals surface area contributed by atoms with Crippen molar-refractivity contribution < 1.29 is 17.6 Å². The molecule has 0 saturated carbocycles. The van der Waals surface area contributed by atoms with Gasteiger partial charge in [-0.05, 0) is 49.9 Å². The van der Waals surface area contributed by atoms with Crippen LogP contribution in [0.1, 0.15) is 37.8 Å². The van der Waals surface area contributed by atoms with Crippen LogP contribution in [-0.2, 0) is 22.9 Å². The van der Waals surface area contributed by atoms with Crippen molar-refractivity contribution in [3.8, 4) is 0 Å². The molecule has 1 aliphatic heterocycles. The number of urea groups is 1. The molecule has 3 rings (SSSR count). The highest BCUT2D eigenvalue weighted by atomic mass is 32.2. The summed E-state index contributed by atoms with van der Waals surface area (Å²) in [6, 6.07) is 5.18. The summed E-state index contributed by atoms with van der Waals surface area (Å²) in [6.07, 6.45) is 1.20. The van der Waals surface area contributed by atoms with Crippen LogP contribution < -0.4 is 10.0 Å². The number of rotatable bonds is 4. The lowest BCUT2D eigenvalue weighted by atomic mass is 10.1. The lowest BCUT2D eigenvalue weighted by molar-refractivity contribution is 0.193. The molecule has 1 atom stereocenters. The lowest BCUT2D eigenvalue weighted by Gasteiger charge is -2.32. The summed E-state index contributed by atoms with van der Waals surface area (Å²) in [6.45, 7) is 4.28. The molecular formula is C18H26FN3O3S. The number of nitrogens with one attached hydrogen (secondary N) is 2. The molecule has 1 unspecified atom stereocenters. The van der Waals surface area contributed by atoms with Gasteiger partial charge in [0.15, 0.2) is 0 Å². The second-order valence-electron chi connectivity index (χ2n) is 7.39. The summed E-state index contributed by atoms with van der Waals surface area (Å²) in [5.41, 5.74) is 2.64. The zero-order valence-electron chi connectivity index (χ0n) is 15.2. The van der Waals surface area contributed by atoms with Crippen LogP contribution in [0, 0.1) is 0 Å². The Bertz CT molecular complexity index is 774. The van der Waals surface area contributed by atoms with Gasteiger partial charge < -0.3 is 10.2 Å². The average molecular weight is 383 g/mol. The molecule has 26 heavy (non-hydrogen) atoms. The molecule has 144 valence electrons. The topological polar surface area (TPSA) is 78.5 Å². The van der Waals surface area contributed by atoms with Crippen molar-refractivity contribution in [2.24, 2.45) is 0 Å². The highest BCUT2D eigenvalue weighted by molar-refractivity contribution is 7.90. The fourth-order valence-electron chi connectivity index (χ4n) is 3.41. The molecule has 1 saturated heterocycles. The van der Waals surface area contributed by atoms with Gasteiger partial charge in [0.05, 0.1) is 5.25 Å². The maximum Gasteiger partial charge on any atom is 0.321 e. The fraction of sp³-hybridized carbons (Fsp3) is 0.611. The minimum absolute atomic E-state index is 0.132. The molecule has 0 bridgehead atoms. The summed E-state index contributed by atoms with van der Waals surface area (Å²) in [7, 11) is -3.29. The predicted molar refractivity (Wildman–Crippen MR) is 99.6 cm³/mol. The SMILES string of the molecule is CC(C)S(=O)(=O)NC1CCN(C(=O)Nc2ccc3c(c2)CC(F)C3)CC1. The van der Waals surface area contributed by atoms with E-state index in [1.165, 1.54) is 0 Å². The fourth-order valence-corrected chi connectivity index (χ4v) is 4.39. The van der Waals surface area contributed by atoms with E-state index in [9.17, 15) is 17.6 Å². The molecule has 1 aromatic carbocycles. The molecule has 2 amide bonds. The third-order valence-electron chi connectivity index (χ3n) is 5.07. The smallest absolute Gasteiger partial charge is 0.321 e. The van der Waals surface area contributed by atoms with Crippen molar-refractivity contribution in [1.29, 1.82) is 0 Å². The quantitative estimate of drug-likeness (QED) is 0.838. The number of alkyl halides is 1. The zero-order chi connectivity index (χ0) is 18.9. The maximum absolute atomic E-state index is 13.5. The van der Waals surface area contributed by atoms with E-state index in [0.29, 0.717) is 44.5 Å². The van der Waals surface area contributed by atoms with E-state index >= 15 is 0 Å². The molecule has 6 nitrogen and oxygen atoms in total. The number of fused-ring (bicyclic) bond motifs is 1. The third-order valence-corrected chi connectivity index (χ3v) is 6.98. The number of amides is 2. The monoisotopic (exact) mass is 383 g/mol. The molecule has 0 radical (unpaired) electrons. The van der Waals surface area contributed by atoms with Crippen molar-refractivity contribution in [3.63, 3.8) is 0 Å². The van der Waals surface area contributed by atoms with Gasteiger partial charge in [-0.25, -0.2) is 22.3 Å². The van der Waals surface area contributed by atoms with Crippen molar-refractivity contribution in [1.82, 2.24) is 9.62 Å². The van der Waals surface area contributed by atoms with E-state index in [0.717, 1.165) is 11.1 Å². The van der Waals surface area contributed by atoms with Crippen LogP contribution in [0.4, 0.5) is 14.9 Å². The second-order valence-corrected chi connectivity index (χ2v) is 9.66. The number of piperidine rings is 1. The molecule has 1 aliphatic carbocycles. The van der Waals surface area contributed by atoms with Gasteiger partial charge in [-0.15, -0.1) is 0 Å². The van der Waals surface area contributed by atoms with E-state index in [4.69, 9.17) is 0 Å². The van der Waals surface area contributed by atoms with Gasteiger partial charge in [0.1, 0.15) is 6.17 Å². The van der Waals surface area contributed by atoms with Crippen LogP contribution in [0.2, 0.25) is 0 Å². The first-order valence-corrected chi connectivity index (χ1v) is 10.6. The van der Waals surface area contributed by atoms with Crippen LogP contribution in [0.3, 0.4) is 0 Å². The first-order chi connectivity index (χ1) is 12.2. The van der Waals surface area contributed by atoms with Gasteiger partial charge in [0, 0.05) is 37.7 Å². The zero-order valence-corrected chi connectivity index (χ0v) is 16.0. The number of likely N-dealkylation sites (tertiary alicyclic amines) is 1. The summed E-state index contributed by atoms with van der Waals surface area (Å²) in [5, 5.41) is 2.40. The molecule has 0 spiro atoms. The minimum Gasteiger partial charge on any atom is -0.324 e. The van der Waals surface area contributed by atoms with Gasteiger partial charge in [0.2, 0.25) is 10.0 Å². The van der Waals surface area contributed by atoms with Gasteiger partial charge in [0.25, 0.3) is 0 Å². The molecular weight excluding hydrogens is 357 g/mol. The second kappa shape index (κ2) is 7.52. The Kier molecular flexibility index (Phi) is 5.53. The van der Waals surface area contributed by atoms with Crippen LogP contribution in [-0.4, -0.2) is 49.9 Å². The number of hydrogen-bond donors (Lipinski definition) is 2. The van der Waals surface area contributed by atoms with Gasteiger partial charge in [-0.2, -0.15) is 0 Å². The average Bonchev–Trinajstić information content (AvgIpc) is 2.94. The number of sulfonamides is 1. The summed E-state index contributed by atoms with van der Waals surface area (Å²) in [4.78, 5) is 14.1. The molecule has 2 aliphatic rings. The van der Waals surface area contributed by atoms with E-state index in [-0.39, 0.29) is 12.1 Å². The standard InChI is InChI=1S/C18H26FN3O3S/c1-12(2)26(24,25)21-16-5-7-22(8-6-16)18(23)20-17-4-3-13-9-15(19)10-14(13)11-17/h3-4,11-12,15-16,21H,5-10H2,1-2H3,(H,20,23). The maximum atomic E-state index is 13.5. The third kappa shape index (κ3) is 4.35. The molecule has 8 heteroatoms. The van der Waals surface area contributed by atoms with Crippen molar-refractivity contribution >= 4 is 21.7 Å². The van der Waals surface area contributed by atoms with E-state index < -0.39 is 21.4 Å². The minimum atomic E-state index is -3.29. The van der Waals surface area contributed by atoms with Gasteiger partial charge in [-0.3, -0.25) is 0 Å². The molecule has 2 N–H and O–H groups in total. The Morgan fingerprint density at radius 2 is 1.85 bits per heavy atom. The van der Waals surface area contributed by atoms with Crippen LogP contribution in [0.25, 0.3) is 0 Å². The van der Waals surface area contributed by atoms with Crippen LogP contribution in [0.5, 0.6) is 0 Å². The summed E-state index contributed by atoms with van der Waals surface area (Å²) in [5.74, 6) is 0. The normalized spacial score (nSPS) is 21.1. The van der Waals surface area contributed by atoms with Gasteiger partial charge >= 0.3 is 6.03 Å². The van der Waals surface area contributed by atoms with E-state index in [2.05, 4.69) is 10.0 Å². The highest BCUT2D eigenvalue weighted by Crippen LogP contribution is 2.27. The molecule has 0 aromatic heterocycles. The first-order valence-electron chi connectivity index (χ1n) is 9.07. The van der Waals surface area contributed by atoms with E-state index in [1.807, 2.05) is 12.1 Å². The van der Waals surface area contributed by atoms with Crippen LogP contribution in [0.15, 0.2) is 18.2 Å². The van der Waals surface area contributed by atoms with Crippen molar-refractivity contribution in [3.05, 3.63) is 29.3 Å². The number of carbonyl (C=O) groups excluding carboxylic acids is 1. The largest absolute Gasteiger partial charge is 0.324 e. The number of benzene rings is 1. The Labute approximate surface area is 154 Å². The Morgan fingerprint density at radius 3 is 2.50 bits per heavy atom. The van der Waals surface area contributed by atoms with Gasteiger partial charge in [-0.1, -0.05) is 6.07 Å². The first kappa shape index (κ1) is 19.1. The Balaban J connectivity index is 1.52. The number of anilines is 1. The number of nitrogens with zero attached hydrogens (tertiary/aromatic N) is 1. The Morgan fingerprint density at radius 1 is 1.19 bits per heavy atom. The number of carbonyl (C=O) groups is 1. The molecule has 1 heterocycles. The van der Waals surface area contributed by atoms with Crippen molar-refractivity contribution in [2.45, 2.75) is 57.0 Å². The molecule has 1 aromatic rings. The summed E-state index contributed by atoms with van der Waals surface area (Å²) >= 11 is 0. The van der Waals surface area contributed by atoms with E-state index in [1.54, 1.807) is 24.8 Å².